The molecule has 0 saturated carbocycles. The molecule has 0 aliphatic carbocycles. The van der Waals surface area contributed by atoms with Gasteiger partial charge >= 0.3 is 0 Å². The molecule has 0 amide bonds. The molecule has 0 radical (unpaired) electrons. The number of nitrogens with zero attached hydrogens (tertiary/aromatic N) is 1. The van der Waals surface area contributed by atoms with Gasteiger partial charge in [0, 0.05) is 10.7 Å². The summed E-state index contributed by atoms with van der Waals surface area (Å²) in [5, 5.41) is 4.44. The first-order valence-corrected chi connectivity index (χ1v) is 7.06. The predicted molar refractivity (Wildman–Crippen MR) is 70.4 cm³/mol. The van der Waals surface area contributed by atoms with Gasteiger partial charge in [-0.25, -0.2) is 4.98 Å². The highest BCUT2D eigenvalue weighted by Gasteiger charge is 1.95. The van der Waals surface area contributed by atoms with E-state index in [2.05, 4.69) is 39.2 Å². The monoisotopic (exact) mass is 288 g/mol. The fourth-order valence-electron chi connectivity index (χ4n) is 1.15. The Hall–Kier alpha value is -0.0600. The lowest BCUT2D eigenvalue weighted by Crippen LogP contribution is -2.13. The zero-order valence-electron chi connectivity index (χ0n) is 9.00. The van der Waals surface area contributed by atoms with Gasteiger partial charge in [-0.15, -0.1) is 11.8 Å². The van der Waals surface area contributed by atoms with Gasteiger partial charge in [-0.1, -0.05) is 6.92 Å². The van der Waals surface area contributed by atoms with E-state index < -0.39 is 0 Å². The zero-order chi connectivity index (χ0) is 10.9. The van der Waals surface area contributed by atoms with E-state index in [0.29, 0.717) is 0 Å². The van der Waals surface area contributed by atoms with E-state index in [1.54, 1.807) is 0 Å². The number of thioether (sulfide) groups is 1. The number of pyridine rings is 1. The smallest absolute Gasteiger partial charge is 0.0960 e. The van der Waals surface area contributed by atoms with Crippen LogP contribution in [0.2, 0.25) is 0 Å². The van der Waals surface area contributed by atoms with Crippen LogP contribution < -0.4 is 5.32 Å². The van der Waals surface area contributed by atoms with Crippen LogP contribution in [0.1, 0.15) is 19.8 Å². The number of hydrogen-bond donors (Lipinski definition) is 1. The minimum absolute atomic E-state index is 1.04. The molecular weight excluding hydrogens is 272 g/mol. The summed E-state index contributed by atoms with van der Waals surface area (Å²) < 4.78 is 1.04. The molecule has 4 heteroatoms. The SMILES string of the molecule is CCNCCCCSc1ccc(Br)cn1. The summed E-state index contributed by atoms with van der Waals surface area (Å²) >= 11 is 5.20. The summed E-state index contributed by atoms with van der Waals surface area (Å²) in [7, 11) is 0. The molecule has 84 valence electrons. The number of hydrogen-bond acceptors (Lipinski definition) is 3. The first-order valence-electron chi connectivity index (χ1n) is 5.28. The van der Waals surface area contributed by atoms with Crippen LogP contribution in [0.4, 0.5) is 0 Å². The Balaban J connectivity index is 2.07. The van der Waals surface area contributed by atoms with E-state index in [1.165, 1.54) is 12.8 Å². The summed E-state index contributed by atoms with van der Waals surface area (Å²) in [5.41, 5.74) is 0. The minimum Gasteiger partial charge on any atom is -0.317 e. The molecule has 0 spiro atoms. The first kappa shape index (κ1) is 13.0. The summed E-state index contributed by atoms with van der Waals surface area (Å²) in [4.78, 5) is 4.31. The molecule has 1 aromatic rings. The van der Waals surface area contributed by atoms with Crippen LogP contribution in [0, 0.1) is 0 Å². The molecule has 1 heterocycles. The average molecular weight is 289 g/mol. The van der Waals surface area contributed by atoms with Gasteiger partial charge in [-0.05, 0) is 59.7 Å². The standard InChI is InChI=1S/C11H17BrN2S/c1-2-13-7-3-4-8-15-11-6-5-10(12)9-14-11/h5-6,9,13H,2-4,7-8H2,1H3. The highest BCUT2D eigenvalue weighted by molar-refractivity contribution is 9.10. The molecule has 1 N–H and O–H groups in total. The van der Waals surface area contributed by atoms with Crippen molar-refractivity contribution in [2.24, 2.45) is 0 Å². The fourth-order valence-corrected chi connectivity index (χ4v) is 2.24. The maximum atomic E-state index is 4.31. The summed E-state index contributed by atoms with van der Waals surface area (Å²) in [6, 6.07) is 4.09. The van der Waals surface area contributed by atoms with Crippen molar-refractivity contribution in [3.63, 3.8) is 0 Å². The van der Waals surface area contributed by atoms with Crippen molar-refractivity contribution in [1.29, 1.82) is 0 Å². The maximum Gasteiger partial charge on any atom is 0.0960 e. The number of nitrogens with one attached hydrogen (secondary N) is 1. The van der Waals surface area contributed by atoms with Crippen LogP contribution in [-0.4, -0.2) is 23.8 Å². The Kier molecular flexibility index (Phi) is 7.05. The molecule has 1 aromatic heterocycles. The fraction of sp³-hybridized carbons (Fsp3) is 0.545. The lowest BCUT2D eigenvalue weighted by atomic mass is 10.3. The van der Waals surface area contributed by atoms with Crippen molar-refractivity contribution in [3.8, 4) is 0 Å². The maximum absolute atomic E-state index is 4.31. The second-order valence-corrected chi connectivity index (χ2v) is 5.25. The Labute approximate surface area is 104 Å². The third-order valence-electron chi connectivity index (χ3n) is 1.95. The van der Waals surface area contributed by atoms with Gasteiger partial charge < -0.3 is 5.32 Å². The number of unbranched alkanes of at least 4 members (excludes halogenated alkanes) is 1. The molecule has 0 bridgehead atoms. The molecule has 0 saturated heterocycles. The van der Waals surface area contributed by atoms with Crippen LogP contribution in [0.5, 0.6) is 0 Å². The van der Waals surface area contributed by atoms with Crippen molar-refractivity contribution >= 4 is 27.7 Å². The second-order valence-electron chi connectivity index (χ2n) is 3.22. The zero-order valence-corrected chi connectivity index (χ0v) is 11.4. The molecule has 2 nitrogen and oxygen atoms in total. The molecule has 0 unspecified atom stereocenters. The van der Waals surface area contributed by atoms with Gasteiger partial charge in [0.2, 0.25) is 0 Å². The predicted octanol–water partition coefficient (Wildman–Crippen LogP) is 3.33. The molecule has 0 atom stereocenters. The van der Waals surface area contributed by atoms with E-state index in [9.17, 15) is 0 Å². The first-order chi connectivity index (χ1) is 7.33. The van der Waals surface area contributed by atoms with Crippen LogP contribution in [-0.2, 0) is 0 Å². The van der Waals surface area contributed by atoms with E-state index >= 15 is 0 Å². The molecule has 0 aliphatic heterocycles. The Morgan fingerprint density at radius 1 is 1.40 bits per heavy atom. The van der Waals surface area contributed by atoms with E-state index in [1.807, 2.05) is 24.0 Å². The number of halogens is 1. The van der Waals surface area contributed by atoms with Crippen molar-refractivity contribution < 1.29 is 0 Å². The molecule has 0 fully saturated rings. The highest BCUT2D eigenvalue weighted by atomic mass is 79.9. The lowest BCUT2D eigenvalue weighted by molar-refractivity contribution is 0.666. The third-order valence-corrected chi connectivity index (χ3v) is 3.45. The largest absolute Gasteiger partial charge is 0.317 e. The molecule has 0 aliphatic rings. The quantitative estimate of drug-likeness (QED) is 0.615. The highest BCUT2D eigenvalue weighted by Crippen LogP contribution is 2.18. The van der Waals surface area contributed by atoms with Crippen LogP contribution >= 0.6 is 27.7 Å². The topological polar surface area (TPSA) is 24.9 Å². The summed E-state index contributed by atoms with van der Waals surface area (Å²) in [6.07, 6.45) is 4.34. The van der Waals surface area contributed by atoms with Crippen molar-refractivity contribution in [3.05, 3.63) is 22.8 Å². The van der Waals surface area contributed by atoms with Crippen LogP contribution in [0.3, 0.4) is 0 Å². The Morgan fingerprint density at radius 3 is 2.93 bits per heavy atom. The number of aromatic nitrogens is 1. The van der Waals surface area contributed by atoms with E-state index in [4.69, 9.17) is 0 Å². The minimum atomic E-state index is 1.04. The average Bonchev–Trinajstić information content (AvgIpc) is 2.26. The molecule has 0 aromatic carbocycles. The van der Waals surface area contributed by atoms with Gasteiger partial charge in [0.25, 0.3) is 0 Å². The van der Waals surface area contributed by atoms with Crippen molar-refractivity contribution in [1.82, 2.24) is 10.3 Å². The molecular formula is C11H17BrN2S. The van der Waals surface area contributed by atoms with Gasteiger partial charge in [0.1, 0.15) is 0 Å². The second kappa shape index (κ2) is 8.13. The van der Waals surface area contributed by atoms with Gasteiger partial charge in [-0.2, -0.15) is 0 Å². The lowest BCUT2D eigenvalue weighted by Gasteiger charge is -2.02. The van der Waals surface area contributed by atoms with Crippen LogP contribution in [0.15, 0.2) is 27.8 Å². The summed E-state index contributed by atoms with van der Waals surface area (Å²) in [6.45, 7) is 4.34. The van der Waals surface area contributed by atoms with Crippen molar-refractivity contribution in [2.75, 3.05) is 18.8 Å². The summed E-state index contributed by atoms with van der Waals surface area (Å²) in [5.74, 6) is 1.15. The van der Waals surface area contributed by atoms with Crippen LogP contribution in [0.25, 0.3) is 0 Å². The van der Waals surface area contributed by atoms with Gasteiger partial charge in [-0.3, -0.25) is 0 Å². The van der Waals surface area contributed by atoms with Gasteiger partial charge in [0.05, 0.1) is 5.03 Å². The normalized spacial score (nSPS) is 10.5. The third kappa shape index (κ3) is 6.17. The Morgan fingerprint density at radius 2 is 2.27 bits per heavy atom. The molecule has 1 rings (SSSR count). The molecule has 15 heavy (non-hydrogen) atoms. The number of rotatable bonds is 7. The van der Waals surface area contributed by atoms with Crippen molar-refractivity contribution in [2.45, 2.75) is 24.8 Å². The van der Waals surface area contributed by atoms with E-state index in [0.717, 1.165) is 28.3 Å². The van der Waals surface area contributed by atoms with E-state index in [-0.39, 0.29) is 0 Å². The van der Waals surface area contributed by atoms with Gasteiger partial charge in [0.15, 0.2) is 0 Å². The Bertz CT molecular complexity index is 264.